The van der Waals surface area contributed by atoms with Gasteiger partial charge < -0.3 is 10.2 Å². The van der Waals surface area contributed by atoms with Gasteiger partial charge in [-0.3, -0.25) is 0 Å². The van der Waals surface area contributed by atoms with Crippen molar-refractivity contribution in [1.29, 1.82) is 0 Å². The van der Waals surface area contributed by atoms with Crippen LogP contribution in [0.25, 0.3) is 0 Å². The Bertz CT molecular complexity index is 624. The minimum atomic E-state index is -0.888. The molecule has 0 atom stereocenters. The van der Waals surface area contributed by atoms with Gasteiger partial charge in [0.15, 0.2) is 0 Å². The molecule has 2 rings (SSSR count). The Morgan fingerprint density at radius 3 is 2.33 bits per heavy atom. The summed E-state index contributed by atoms with van der Waals surface area (Å²) >= 11 is 6.22. The highest BCUT2D eigenvalue weighted by atomic mass is 35.5. The third-order valence-corrected chi connectivity index (χ3v) is 4.21. The smallest absolute Gasteiger partial charge is 0.123 e. The normalized spacial score (nSPS) is 11.7. The highest BCUT2D eigenvalue weighted by Crippen LogP contribution is 2.33. The summed E-state index contributed by atoms with van der Waals surface area (Å²) in [6.45, 7) is 1.32. The van der Waals surface area contributed by atoms with Gasteiger partial charge in [0.05, 0.1) is 13.2 Å². The number of aliphatic hydroxyl groups is 2. The van der Waals surface area contributed by atoms with Gasteiger partial charge >= 0.3 is 0 Å². The van der Waals surface area contributed by atoms with E-state index in [1.807, 2.05) is 13.0 Å². The zero-order chi connectivity index (χ0) is 15.5. The second kappa shape index (κ2) is 6.56. The lowest BCUT2D eigenvalue weighted by molar-refractivity contribution is 0.116. The summed E-state index contributed by atoms with van der Waals surface area (Å²) in [7, 11) is 0. The SMILES string of the molecule is Cc1cc(F)ccc1CC(CO)(CO)c1ccccc1Cl. The van der Waals surface area contributed by atoms with Gasteiger partial charge in [0.25, 0.3) is 0 Å². The van der Waals surface area contributed by atoms with E-state index in [9.17, 15) is 14.6 Å². The van der Waals surface area contributed by atoms with Crippen LogP contribution < -0.4 is 0 Å². The molecule has 0 saturated heterocycles. The minimum absolute atomic E-state index is 0.246. The summed E-state index contributed by atoms with van der Waals surface area (Å²) in [4.78, 5) is 0. The van der Waals surface area contributed by atoms with Gasteiger partial charge in [0.1, 0.15) is 5.82 Å². The Kier molecular flexibility index (Phi) is 4.99. The average molecular weight is 309 g/mol. The van der Waals surface area contributed by atoms with Crippen molar-refractivity contribution in [2.45, 2.75) is 18.8 Å². The molecule has 2 N–H and O–H groups in total. The van der Waals surface area contributed by atoms with Crippen molar-refractivity contribution in [3.63, 3.8) is 0 Å². The minimum Gasteiger partial charge on any atom is -0.395 e. The van der Waals surface area contributed by atoms with Crippen molar-refractivity contribution < 1.29 is 14.6 Å². The van der Waals surface area contributed by atoms with E-state index in [0.717, 1.165) is 11.1 Å². The van der Waals surface area contributed by atoms with Gasteiger partial charge in [0, 0.05) is 10.4 Å². The van der Waals surface area contributed by atoms with Gasteiger partial charge in [0.2, 0.25) is 0 Å². The fourth-order valence-electron chi connectivity index (χ4n) is 2.54. The molecule has 0 aliphatic carbocycles. The zero-order valence-electron chi connectivity index (χ0n) is 11.8. The maximum absolute atomic E-state index is 13.2. The van der Waals surface area contributed by atoms with E-state index in [1.54, 1.807) is 24.3 Å². The Morgan fingerprint density at radius 1 is 1.10 bits per heavy atom. The number of halogens is 2. The molecule has 2 aromatic carbocycles. The van der Waals surface area contributed by atoms with Crippen LogP contribution in [-0.2, 0) is 11.8 Å². The highest BCUT2D eigenvalue weighted by Gasteiger charge is 2.33. The molecule has 0 heterocycles. The first kappa shape index (κ1) is 16.0. The summed E-state index contributed by atoms with van der Waals surface area (Å²) in [5.74, 6) is -0.299. The molecule has 0 amide bonds. The summed E-state index contributed by atoms with van der Waals surface area (Å²) in [6, 6.07) is 11.7. The van der Waals surface area contributed by atoms with Crippen LogP contribution >= 0.6 is 11.6 Å². The van der Waals surface area contributed by atoms with Gasteiger partial charge in [-0.2, -0.15) is 0 Å². The first-order valence-electron chi connectivity index (χ1n) is 6.74. The van der Waals surface area contributed by atoms with Crippen LogP contribution in [0.15, 0.2) is 42.5 Å². The average Bonchev–Trinajstić information content (AvgIpc) is 2.48. The Hall–Kier alpha value is -1.42. The first-order chi connectivity index (χ1) is 10.0. The van der Waals surface area contributed by atoms with Crippen LogP contribution in [0.4, 0.5) is 4.39 Å². The molecule has 0 spiro atoms. The van der Waals surface area contributed by atoms with Crippen molar-refractivity contribution in [1.82, 2.24) is 0 Å². The molecule has 112 valence electrons. The lowest BCUT2D eigenvalue weighted by Gasteiger charge is -2.32. The third kappa shape index (κ3) is 3.26. The van der Waals surface area contributed by atoms with Crippen molar-refractivity contribution in [2.24, 2.45) is 0 Å². The largest absolute Gasteiger partial charge is 0.395 e. The number of benzene rings is 2. The standard InChI is InChI=1S/C17H18ClFO2/c1-12-8-14(19)7-6-13(12)9-17(10-20,11-21)15-4-2-3-5-16(15)18/h2-8,20-21H,9-11H2,1H3. The number of aryl methyl sites for hydroxylation is 1. The zero-order valence-corrected chi connectivity index (χ0v) is 12.6. The number of hydrogen-bond donors (Lipinski definition) is 2. The summed E-state index contributed by atoms with van der Waals surface area (Å²) in [5.41, 5.74) is 1.47. The number of aliphatic hydroxyl groups excluding tert-OH is 2. The van der Waals surface area contributed by atoms with Crippen LogP contribution in [0, 0.1) is 12.7 Å². The van der Waals surface area contributed by atoms with E-state index in [1.165, 1.54) is 12.1 Å². The predicted octanol–water partition coefficient (Wildman–Crippen LogP) is 3.25. The lowest BCUT2D eigenvalue weighted by atomic mass is 9.76. The van der Waals surface area contributed by atoms with Crippen molar-refractivity contribution >= 4 is 11.6 Å². The topological polar surface area (TPSA) is 40.5 Å². The fourth-order valence-corrected chi connectivity index (χ4v) is 2.88. The lowest BCUT2D eigenvalue weighted by Crippen LogP contribution is -2.37. The molecule has 0 aromatic heterocycles. The quantitative estimate of drug-likeness (QED) is 0.890. The first-order valence-corrected chi connectivity index (χ1v) is 7.12. The summed E-state index contributed by atoms with van der Waals surface area (Å²) < 4.78 is 13.2. The molecule has 0 unspecified atom stereocenters. The fraction of sp³-hybridized carbons (Fsp3) is 0.294. The molecule has 0 aliphatic heterocycles. The highest BCUT2D eigenvalue weighted by molar-refractivity contribution is 6.31. The molecule has 21 heavy (non-hydrogen) atoms. The molecule has 2 aromatic rings. The second-order valence-electron chi connectivity index (χ2n) is 5.32. The second-order valence-corrected chi connectivity index (χ2v) is 5.73. The van der Waals surface area contributed by atoms with E-state index in [4.69, 9.17) is 11.6 Å². The van der Waals surface area contributed by atoms with Crippen LogP contribution in [0.3, 0.4) is 0 Å². The van der Waals surface area contributed by atoms with Gasteiger partial charge in [-0.15, -0.1) is 0 Å². The maximum Gasteiger partial charge on any atom is 0.123 e. The van der Waals surface area contributed by atoms with Crippen LogP contribution in [-0.4, -0.2) is 23.4 Å². The van der Waals surface area contributed by atoms with Gasteiger partial charge in [-0.1, -0.05) is 35.9 Å². The molecule has 0 radical (unpaired) electrons. The molecule has 0 fully saturated rings. The van der Waals surface area contributed by atoms with Crippen molar-refractivity contribution in [3.05, 3.63) is 70.0 Å². The maximum atomic E-state index is 13.2. The van der Waals surface area contributed by atoms with Crippen molar-refractivity contribution in [3.8, 4) is 0 Å². The van der Waals surface area contributed by atoms with E-state index in [-0.39, 0.29) is 19.0 Å². The Labute approximate surface area is 128 Å². The summed E-state index contributed by atoms with van der Waals surface area (Å²) in [5, 5.41) is 20.2. The molecule has 2 nitrogen and oxygen atoms in total. The monoisotopic (exact) mass is 308 g/mol. The van der Waals surface area contributed by atoms with Crippen LogP contribution in [0.1, 0.15) is 16.7 Å². The van der Waals surface area contributed by atoms with E-state index < -0.39 is 5.41 Å². The molecule has 4 heteroatoms. The number of rotatable bonds is 5. The van der Waals surface area contributed by atoms with Crippen LogP contribution in [0.5, 0.6) is 0 Å². The molecule has 0 aliphatic rings. The molecular formula is C17H18ClFO2. The van der Waals surface area contributed by atoms with Gasteiger partial charge in [-0.25, -0.2) is 4.39 Å². The van der Waals surface area contributed by atoms with Crippen LogP contribution in [0.2, 0.25) is 5.02 Å². The predicted molar refractivity (Wildman–Crippen MR) is 82.1 cm³/mol. The molecule has 0 saturated carbocycles. The third-order valence-electron chi connectivity index (χ3n) is 3.88. The van der Waals surface area contributed by atoms with E-state index >= 15 is 0 Å². The summed E-state index contributed by atoms with van der Waals surface area (Å²) in [6.07, 6.45) is 0.385. The van der Waals surface area contributed by atoms with E-state index in [2.05, 4.69) is 0 Å². The van der Waals surface area contributed by atoms with Crippen molar-refractivity contribution in [2.75, 3.05) is 13.2 Å². The molecule has 0 bridgehead atoms. The van der Waals surface area contributed by atoms with E-state index in [0.29, 0.717) is 17.0 Å². The Morgan fingerprint density at radius 2 is 1.76 bits per heavy atom. The number of hydrogen-bond acceptors (Lipinski definition) is 2. The Balaban J connectivity index is 2.46. The van der Waals surface area contributed by atoms with Gasteiger partial charge in [-0.05, 0) is 48.2 Å². The molecular weight excluding hydrogens is 291 g/mol.